The molecule has 0 spiro atoms. The Labute approximate surface area is 94.0 Å². The van der Waals surface area contributed by atoms with E-state index in [1.54, 1.807) is 0 Å². The van der Waals surface area contributed by atoms with Crippen molar-refractivity contribution in [2.24, 2.45) is 17.6 Å². The van der Waals surface area contributed by atoms with Crippen molar-refractivity contribution in [3.8, 4) is 0 Å². The van der Waals surface area contributed by atoms with Crippen LogP contribution in [0.5, 0.6) is 0 Å². The number of nitrogens with one attached hydrogen (secondary N) is 1. The van der Waals surface area contributed by atoms with Gasteiger partial charge in [-0.05, 0) is 37.8 Å². The Bertz CT molecular complexity index is 169. The molecule has 0 aromatic rings. The molecule has 1 unspecified atom stereocenters. The molecule has 2 nitrogen and oxygen atoms in total. The van der Waals surface area contributed by atoms with Gasteiger partial charge in [0.25, 0.3) is 0 Å². The molecule has 0 radical (unpaired) electrons. The minimum Gasteiger partial charge on any atom is -0.330 e. The quantitative estimate of drug-likeness (QED) is 0.730. The minimum absolute atomic E-state index is 0.744. The summed E-state index contributed by atoms with van der Waals surface area (Å²) in [6.07, 6.45) is 11.4. The lowest BCUT2D eigenvalue weighted by Crippen LogP contribution is -2.37. The lowest BCUT2D eigenvalue weighted by Gasteiger charge is -2.24. The zero-order valence-corrected chi connectivity index (χ0v) is 9.88. The zero-order chi connectivity index (χ0) is 10.5. The van der Waals surface area contributed by atoms with Gasteiger partial charge in [-0.2, -0.15) is 0 Å². The monoisotopic (exact) mass is 210 g/mol. The first-order valence-corrected chi connectivity index (χ1v) is 6.83. The van der Waals surface area contributed by atoms with Gasteiger partial charge >= 0.3 is 0 Å². The second-order valence-electron chi connectivity index (χ2n) is 5.43. The van der Waals surface area contributed by atoms with Gasteiger partial charge in [-0.15, -0.1) is 0 Å². The summed E-state index contributed by atoms with van der Waals surface area (Å²) in [5.41, 5.74) is 5.90. The molecule has 1 atom stereocenters. The van der Waals surface area contributed by atoms with Crippen molar-refractivity contribution < 1.29 is 0 Å². The molecule has 0 saturated heterocycles. The van der Waals surface area contributed by atoms with Gasteiger partial charge in [0.15, 0.2) is 0 Å². The molecular weight excluding hydrogens is 184 g/mol. The molecule has 2 fully saturated rings. The summed E-state index contributed by atoms with van der Waals surface area (Å²) in [6, 6.07) is 0.806. The lowest BCUT2D eigenvalue weighted by molar-refractivity contribution is 0.316. The highest BCUT2D eigenvalue weighted by atomic mass is 14.9. The third kappa shape index (κ3) is 3.18. The highest BCUT2D eigenvalue weighted by Gasteiger charge is 2.24. The third-order valence-electron chi connectivity index (χ3n) is 4.39. The van der Waals surface area contributed by atoms with Gasteiger partial charge in [0.2, 0.25) is 0 Å². The molecule has 0 heterocycles. The Kier molecular flexibility index (Phi) is 4.45. The van der Waals surface area contributed by atoms with Crippen molar-refractivity contribution in [2.45, 2.75) is 57.4 Å². The Balaban J connectivity index is 1.69. The maximum absolute atomic E-state index is 5.90. The third-order valence-corrected chi connectivity index (χ3v) is 4.39. The van der Waals surface area contributed by atoms with Crippen LogP contribution in [0.4, 0.5) is 0 Å². The Morgan fingerprint density at radius 2 is 1.60 bits per heavy atom. The summed E-state index contributed by atoms with van der Waals surface area (Å²) in [6.45, 7) is 2.05. The molecule has 15 heavy (non-hydrogen) atoms. The molecule has 0 amide bonds. The van der Waals surface area contributed by atoms with Gasteiger partial charge in [0.1, 0.15) is 0 Å². The first-order valence-electron chi connectivity index (χ1n) is 6.83. The smallest absolute Gasteiger partial charge is 0.00671 e. The predicted octanol–water partition coefficient (Wildman–Crippen LogP) is 2.28. The average Bonchev–Trinajstić information content (AvgIpc) is 2.90. The minimum atomic E-state index is 0.744. The number of hydrogen-bond donors (Lipinski definition) is 2. The van der Waals surface area contributed by atoms with E-state index in [-0.39, 0.29) is 0 Å². The first-order chi connectivity index (χ1) is 7.40. The Morgan fingerprint density at radius 1 is 1.00 bits per heavy atom. The van der Waals surface area contributed by atoms with Crippen LogP contribution in [-0.4, -0.2) is 19.1 Å². The molecule has 0 aliphatic heterocycles. The lowest BCUT2D eigenvalue weighted by atomic mass is 9.90. The fourth-order valence-electron chi connectivity index (χ4n) is 3.32. The van der Waals surface area contributed by atoms with Crippen molar-refractivity contribution in [3.63, 3.8) is 0 Å². The van der Waals surface area contributed by atoms with Crippen LogP contribution in [0.15, 0.2) is 0 Å². The van der Waals surface area contributed by atoms with Crippen LogP contribution in [0.25, 0.3) is 0 Å². The van der Waals surface area contributed by atoms with Crippen LogP contribution in [0.1, 0.15) is 51.4 Å². The SMILES string of the molecule is NCC(CNC1CCCC1)C1CCCC1. The number of hydrogen-bond acceptors (Lipinski definition) is 2. The van der Waals surface area contributed by atoms with E-state index < -0.39 is 0 Å². The van der Waals surface area contributed by atoms with E-state index in [2.05, 4.69) is 5.32 Å². The fraction of sp³-hybridized carbons (Fsp3) is 1.00. The average molecular weight is 210 g/mol. The summed E-state index contributed by atoms with van der Waals surface area (Å²) in [5, 5.41) is 3.73. The fourth-order valence-corrected chi connectivity index (χ4v) is 3.32. The predicted molar refractivity (Wildman–Crippen MR) is 64.8 cm³/mol. The Hall–Kier alpha value is -0.0800. The molecule has 2 aliphatic rings. The van der Waals surface area contributed by atoms with Crippen molar-refractivity contribution in [2.75, 3.05) is 13.1 Å². The second-order valence-corrected chi connectivity index (χ2v) is 5.43. The molecule has 2 rings (SSSR count). The molecule has 2 heteroatoms. The van der Waals surface area contributed by atoms with E-state index in [4.69, 9.17) is 5.73 Å². The maximum Gasteiger partial charge on any atom is 0.00671 e. The zero-order valence-electron chi connectivity index (χ0n) is 9.88. The van der Waals surface area contributed by atoms with Crippen LogP contribution in [0, 0.1) is 11.8 Å². The van der Waals surface area contributed by atoms with Crippen molar-refractivity contribution in [3.05, 3.63) is 0 Å². The highest BCUT2D eigenvalue weighted by Crippen LogP contribution is 2.31. The molecule has 0 aromatic heterocycles. The first kappa shape index (κ1) is 11.4. The summed E-state index contributed by atoms with van der Waals surface area (Å²) in [5.74, 6) is 1.66. The van der Waals surface area contributed by atoms with Gasteiger partial charge in [-0.25, -0.2) is 0 Å². The normalized spacial score (nSPS) is 26.2. The van der Waals surface area contributed by atoms with E-state index in [1.165, 1.54) is 57.9 Å². The summed E-state index contributed by atoms with van der Waals surface area (Å²) < 4.78 is 0. The molecule has 0 aromatic carbocycles. The topological polar surface area (TPSA) is 38.0 Å². The number of nitrogens with two attached hydrogens (primary N) is 1. The van der Waals surface area contributed by atoms with Crippen LogP contribution in [-0.2, 0) is 0 Å². The largest absolute Gasteiger partial charge is 0.330 e. The van der Waals surface area contributed by atoms with Crippen molar-refractivity contribution in [1.29, 1.82) is 0 Å². The second kappa shape index (κ2) is 5.86. The maximum atomic E-state index is 5.90. The van der Waals surface area contributed by atoms with Crippen LogP contribution < -0.4 is 11.1 Å². The van der Waals surface area contributed by atoms with Crippen LogP contribution in [0.3, 0.4) is 0 Å². The Morgan fingerprint density at radius 3 is 2.20 bits per heavy atom. The van der Waals surface area contributed by atoms with Crippen LogP contribution >= 0.6 is 0 Å². The molecule has 3 N–H and O–H groups in total. The standard InChI is InChI=1S/C13H26N2/c14-9-12(11-5-1-2-6-11)10-15-13-7-3-4-8-13/h11-13,15H,1-10,14H2. The van der Waals surface area contributed by atoms with Gasteiger partial charge in [0.05, 0.1) is 0 Å². The van der Waals surface area contributed by atoms with E-state index >= 15 is 0 Å². The van der Waals surface area contributed by atoms with E-state index in [0.717, 1.165) is 24.4 Å². The molecule has 2 aliphatic carbocycles. The van der Waals surface area contributed by atoms with Gasteiger partial charge in [-0.3, -0.25) is 0 Å². The summed E-state index contributed by atoms with van der Waals surface area (Å²) in [7, 11) is 0. The van der Waals surface area contributed by atoms with Crippen molar-refractivity contribution >= 4 is 0 Å². The number of rotatable bonds is 5. The van der Waals surface area contributed by atoms with Crippen molar-refractivity contribution in [1.82, 2.24) is 5.32 Å². The van der Waals surface area contributed by atoms with E-state index in [9.17, 15) is 0 Å². The highest BCUT2D eigenvalue weighted by molar-refractivity contribution is 4.80. The van der Waals surface area contributed by atoms with Gasteiger partial charge in [-0.1, -0.05) is 38.5 Å². The van der Waals surface area contributed by atoms with E-state index in [0.29, 0.717) is 0 Å². The van der Waals surface area contributed by atoms with Gasteiger partial charge < -0.3 is 11.1 Å². The van der Waals surface area contributed by atoms with Gasteiger partial charge in [0, 0.05) is 6.04 Å². The van der Waals surface area contributed by atoms with Crippen LogP contribution in [0.2, 0.25) is 0 Å². The summed E-state index contributed by atoms with van der Waals surface area (Å²) in [4.78, 5) is 0. The van der Waals surface area contributed by atoms with E-state index in [1.807, 2.05) is 0 Å². The molecule has 88 valence electrons. The molecule has 2 saturated carbocycles. The summed E-state index contributed by atoms with van der Waals surface area (Å²) >= 11 is 0. The molecule has 0 bridgehead atoms. The molecular formula is C13H26N2.